The number of hydrogen-bond acceptors (Lipinski definition) is 1. The highest BCUT2D eigenvalue weighted by Gasteiger charge is 2.82. The summed E-state index contributed by atoms with van der Waals surface area (Å²) in [4.78, 5) is 0. The summed E-state index contributed by atoms with van der Waals surface area (Å²) in [5, 5.41) is 0. The molecule has 0 aromatic carbocycles. The van der Waals surface area contributed by atoms with Crippen molar-refractivity contribution in [2.45, 2.75) is 145 Å². The van der Waals surface area contributed by atoms with Crippen molar-refractivity contribution in [2.75, 3.05) is 0 Å². The second-order valence-electron chi connectivity index (χ2n) is 16.6. The molecule has 0 amide bonds. The van der Waals surface area contributed by atoms with Crippen molar-refractivity contribution in [1.29, 1.82) is 0 Å². The van der Waals surface area contributed by atoms with E-state index < -0.39 is 8.32 Å². The van der Waals surface area contributed by atoms with E-state index in [1.807, 2.05) is 0 Å². The van der Waals surface area contributed by atoms with Gasteiger partial charge in [0.15, 0.2) is 8.32 Å². The van der Waals surface area contributed by atoms with Crippen molar-refractivity contribution in [3.05, 3.63) is 11.6 Å². The van der Waals surface area contributed by atoms with Crippen molar-refractivity contribution in [3.63, 3.8) is 0 Å². The molecule has 0 aromatic rings. The zero-order valence-corrected chi connectivity index (χ0v) is 26.2. The first-order valence-corrected chi connectivity index (χ1v) is 18.9. The molecule has 200 valence electrons. The van der Waals surface area contributed by atoms with Gasteiger partial charge in [0.05, 0.1) is 6.10 Å². The highest BCUT2D eigenvalue weighted by atomic mass is 28.4. The molecule has 5 aliphatic rings. The van der Waals surface area contributed by atoms with Gasteiger partial charge in [-0.15, -0.1) is 0 Å². The molecule has 2 spiro atoms. The van der Waals surface area contributed by atoms with Gasteiger partial charge in [-0.2, -0.15) is 0 Å². The summed E-state index contributed by atoms with van der Waals surface area (Å²) in [6, 6.07) is 0. The molecule has 0 radical (unpaired) electrons. The lowest BCUT2D eigenvalue weighted by atomic mass is 9.41. The van der Waals surface area contributed by atoms with E-state index in [0.717, 1.165) is 23.7 Å². The molecule has 9 atom stereocenters. The normalized spacial score (nSPS) is 48.7. The molecular weight excluding hydrogens is 440 g/mol. The minimum atomic E-state index is -1.51. The highest BCUT2D eigenvalue weighted by Crippen LogP contribution is 2.89. The fraction of sp³-hybridized carbons (Fsp3) is 0.939. The summed E-state index contributed by atoms with van der Waals surface area (Å²) in [6.07, 6.45) is 19.0. The molecule has 0 unspecified atom stereocenters. The summed E-state index contributed by atoms with van der Waals surface area (Å²) in [5.41, 5.74) is 4.26. The lowest BCUT2D eigenvalue weighted by Crippen LogP contribution is -2.58. The lowest BCUT2D eigenvalue weighted by molar-refractivity contribution is -0.159. The Hall–Kier alpha value is -0.0831. The molecule has 0 saturated heterocycles. The van der Waals surface area contributed by atoms with Crippen LogP contribution in [0.4, 0.5) is 0 Å². The Morgan fingerprint density at radius 3 is 2.17 bits per heavy atom. The summed E-state index contributed by atoms with van der Waals surface area (Å²) >= 11 is 0. The van der Waals surface area contributed by atoms with Crippen molar-refractivity contribution in [1.82, 2.24) is 0 Å². The van der Waals surface area contributed by atoms with E-state index in [-0.39, 0.29) is 0 Å². The van der Waals surface area contributed by atoms with Gasteiger partial charge in [0.2, 0.25) is 0 Å². The molecule has 5 rings (SSSR count). The Morgan fingerprint density at radius 1 is 0.857 bits per heavy atom. The Balaban J connectivity index is 1.38. The molecule has 35 heavy (non-hydrogen) atoms. The molecule has 2 heteroatoms. The quantitative estimate of drug-likeness (QED) is 0.261. The van der Waals surface area contributed by atoms with Gasteiger partial charge >= 0.3 is 0 Å². The molecule has 0 N–H and O–H groups in total. The van der Waals surface area contributed by atoms with Crippen LogP contribution in [0.5, 0.6) is 0 Å². The van der Waals surface area contributed by atoms with Crippen LogP contribution in [0, 0.1) is 50.7 Å². The minimum absolute atomic E-state index is 0.340. The van der Waals surface area contributed by atoms with Crippen LogP contribution >= 0.6 is 0 Å². The van der Waals surface area contributed by atoms with Crippen molar-refractivity contribution < 1.29 is 4.43 Å². The average Bonchev–Trinajstić information content (AvgIpc) is 3.31. The maximum absolute atomic E-state index is 6.87. The fourth-order valence-electron chi connectivity index (χ4n) is 11.8. The van der Waals surface area contributed by atoms with Crippen LogP contribution in [0.1, 0.15) is 119 Å². The van der Waals surface area contributed by atoms with Gasteiger partial charge in [0, 0.05) is 0 Å². The fourth-order valence-corrected chi connectivity index (χ4v) is 13.0. The SMILES string of the molecule is CC(C)=CCC[C@@H](C)[C@H]1CC[C@@]2(C)[C@@H]3CC[C@H]4C(C)(C)[C@@H](O[Si](C)(C)C)CC[C@@]45C[C@@]35CC[C@]12C. The molecule has 0 aromatic heterocycles. The second-order valence-corrected chi connectivity index (χ2v) is 21.0. The van der Waals surface area contributed by atoms with Gasteiger partial charge in [-0.1, -0.05) is 46.3 Å². The van der Waals surface area contributed by atoms with E-state index in [1.54, 1.807) is 6.42 Å². The number of hydrogen-bond donors (Lipinski definition) is 0. The third-order valence-corrected chi connectivity index (χ3v) is 14.5. The van der Waals surface area contributed by atoms with E-state index >= 15 is 0 Å². The molecule has 0 aliphatic heterocycles. The van der Waals surface area contributed by atoms with E-state index in [9.17, 15) is 0 Å². The van der Waals surface area contributed by atoms with Gasteiger partial charge in [-0.25, -0.2) is 0 Å². The van der Waals surface area contributed by atoms with Crippen LogP contribution in [0.15, 0.2) is 11.6 Å². The van der Waals surface area contributed by atoms with E-state index in [1.165, 1.54) is 69.8 Å². The molecule has 0 heterocycles. The number of rotatable bonds is 6. The highest BCUT2D eigenvalue weighted by molar-refractivity contribution is 6.69. The molecule has 0 bridgehead atoms. The van der Waals surface area contributed by atoms with Crippen molar-refractivity contribution in [3.8, 4) is 0 Å². The van der Waals surface area contributed by atoms with Gasteiger partial charge < -0.3 is 4.43 Å². The van der Waals surface area contributed by atoms with Crippen LogP contribution in [-0.4, -0.2) is 14.4 Å². The predicted octanol–water partition coefficient (Wildman–Crippen LogP) is 10.0. The Kier molecular flexibility index (Phi) is 6.22. The largest absolute Gasteiger partial charge is 0.414 e. The molecular formula is C33H58OSi. The van der Waals surface area contributed by atoms with Crippen LogP contribution < -0.4 is 0 Å². The maximum atomic E-state index is 6.87. The average molecular weight is 499 g/mol. The first-order chi connectivity index (χ1) is 16.1. The number of fused-ring (bicyclic) bond motifs is 2. The molecule has 1 nitrogen and oxygen atoms in total. The zero-order valence-electron chi connectivity index (χ0n) is 25.2. The second kappa shape index (κ2) is 8.21. The maximum Gasteiger partial charge on any atom is 0.184 e. The Bertz CT molecular complexity index is 863. The minimum Gasteiger partial charge on any atom is -0.414 e. The van der Waals surface area contributed by atoms with Gasteiger partial charge in [-0.05, 0) is 155 Å². The summed E-state index contributed by atoms with van der Waals surface area (Å²) < 4.78 is 6.87. The van der Waals surface area contributed by atoms with E-state index in [4.69, 9.17) is 4.43 Å². The first kappa shape index (κ1) is 26.5. The zero-order chi connectivity index (χ0) is 25.7. The van der Waals surface area contributed by atoms with Crippen LogP contribution in [0.2, 0.25) is 19.6 Å². The van der Waals surface area contributed by atoms with Crippen LogP contribution in [0.3, 0.4) is 0 Å². The van der Waals surface area contributed by atoms with Gasteiger partial charge in [0.25, 0.3) is 0 Å². The van der Waals surface area contributed by atoms with E-state index in [0.29, 0.717) is 33.2 Å². The monoisotopic (exact) mass is 498 g/mol. The molecule has 5 aliphatic carbocycles. The first-order valence-electron chi connectivity index (χ1n) is 15.4. The Labute approximate surface area is 219 Å². The summed E-state index contributed by atoms with van der Waals surface area (Å²) in [7, 11) is -1.51. The predicted molar refractivity (Wildman–Crippen MR) is 153 cm³/mol. The number of allylic oxidation sites excluding steroid dienone is 2. The van der Waals surface area contributed by atoms with Gasteiger partial charge in [0.1, 0.15) is 0 Å². The summed E-state index contributed by atoms with van der Waals surface area (Å²) in [6.45, 7) is 25.0. The van der Waals surface area contributed by atoms with Crippen molar-refractivity contribution >= 4 is 8.32 Å². The lowest BCUT2D eigenvalue weighted by Gasteiger charge is -2.64. The standard InChI is InChI=1S/C33H58OSi/c1-23(2)12-11-13-24(3)25-16-18-31(7)27-15-14-26-29(4,5)28(34-35(8,9)10)17-19-32(26)22-33(27,32)21-20-30(25,31)6/h12,24-28H,11,13-22H2,1-10H3/t24-,25-,26+,27+,28+,30-,31+,32-,33+/m1/s1. The van der Waals surface area contributed by atoms with Gasteiger partial charge in [-0.3, -0.25) is 0 Å². The topological polar surface area (TPSA) is 9.23 Å². The summed E-state index contributed by atoms with van der Waals surface area (Å²) in [5.74, 6) is 3.66. The van der Waals surface area contributed by atoms with Crippen LogP contribution in [-0.2, 0) is 4.43 Å². The smallest absolute Gasteiger partial charge is 0.184 e. The third-order valence-electron chi connectivity index (χ3n) is 13.5. The van der Waals surface area contributed by atoms with E-state index in [2.05, 4.69) is 74.2 Å². The van der Waals surface area contributed by atoms with Crippen LogP contribution in [0.25, 0.3) is 0 Å². The Morgan fingerprint density at radius 2 is 1.51 bits per heavy atom. The van der Waals surface area contributed by atoms with Crippen molar-refractivity contribution in [2.24, 2.45) is 50.7 Å². The third kappa shape index (κ3) is 3.68. The molecule has 5 fully saturated rings. The molecule has 5 saturated carbocycles.